The maximum Gasteiger partial charge on any atom is 0.338 e. The number of benzene rings is 1. The van der Waals surface area contributed by atoms with E-state index < -0.39 is 5.60 Å². The van der Waals surface area contributed by atoms with Crippen LogP contribution in [0.4, 0.5) is 0 Å². The molecule has 0 aromatic heterocycles. The van der Waals surface area contributed by atoms with Crippen LogP contribution in [0.2, 0.25) is 0 Å². The second-order valence-electron chi connectivity index (χ2n) is 8.83. The fraction of sp³-hybridized carbons (Fsp3) is 0.636. The predicted molar refractivity (Wildman–Crippen MR) is 113 cm³/mol. The maximum atomic E-state index is 12.2. The SMILES string of the molecule is CC(C)(C)OC(=O)c1ccc(C2CCC(NC(=O)[C@H]3CCCN3)CC2)cc1.Cl. The van der Waals surface area contributed by atoms with Crippen LogP contribution in [-0.2, 0) is 9.53 Å². The molecule has 2 fully saturated rings. The summed E-state index contributed by atoms with van der Waals surface area (Å²) in [5, 5.41) is 6.48. The first kappa shape index (κ1) is 22.7. The molecule has 3 rings (SSSR count). The van der Waals surface area contributed by atoms with E-state index >= 15 is 0 Å². The van der Waals surface area contributed by atoms with Gasteiger partial charge in [0.2, 0.25) is 5.91 Å². The van der Waals surface area contributed by atoms with E-state index in [2.05, 4.69) is 10.6 Å². The van der Waals surface area contributed by atoms with Crippen LogP contribution in [0.1, 0.15) is 81.1 Å². The Hall–Kier alpha value is -1.59. The molecule has 1 saturated carbocycles. The van der Waals surface area contributed by atoms with Crippen molar-refractivity contribution in [3.8, 4) is 0 Å². The smallest absolute Gasteiger partial charge is 0.338 e. The van der Waals surface area contributed by atoms with Crippen LogP contribution in [0.3, 0.4) is 0 Å². The third-order valence-electron chi connectivity index (χ3n) is 5.47. The molecule has 28 heavy (non-hydrogen) atoms. The van der Waals surface area contributed by atoms with Crippen molar-refractivity contribution in [2.45, 2.75) is 82.9 Å². The summed E-state index contributed by atoms with van der Waals surface area (Å²) in [7, 11) is 0. The molecule has 1 atom stereocenters. The number of carbonyl (C=O) groups is 2. The summed E-state index contributed by atoms with van der Waals surface area (Å²) in [6, 6.07) is 8.11. The van der Waals surface area contributed by atoms with Crippen LogP contribution in [0.5, 0.6) is 0 Å². The topological polar surface area (TPSA) is 67.4 Å². The maximum absolute atomic E-state index is 12.2. The van der Waals surface area contributed by atoms with Gasteiger partial charge in [0.15, 0.2) is 0 Å². The van der Waals surface area contributed by atoms with E-state index in [0.717, 1.165) is 45.1 Å². The van der Waals surface area contributed by atoms with Gasteiger partial charge in [-0.2, -0.15) is 0 Å². The van der Waals surface area contributed by atoms with Crippen LogP contribution in [0, 0.1) is 0 Å². The number of rotatable bonds is 4. The summed E-state index contributed by atoms with van der Waals surface area (Å²) in [6.45, 7) is 6.57. The molecular weight excluding hydrogens is 376 g/mol. The van der Waals surface area contributed by atoms with Crippen molar-refractivity contribution in [3.63, 3.8) is 0 Å². The molecule has 0 unspecified atom stereocenters. The van der Waals surface area contributed by atoms with Crippen molar-refractivity contribution >= 4 is 24.3 Å². The van der Waals surface area contributed by atoms with Crippen molar-refractivity contribution in [3.05, 3.63) is 35.4 Å². The lowest BCUT2D eigenvalue weighted by Gasteiger charge is -2.30. The lowest BCUT2D eigenvalue weighted by atomic mass is 9.81. The zero-order valence-corrected chi connectivity index (χ0v) is 17.9. The number of nitrogens with one attached hydrogen (secondary N) is 2. The standard InChI is InChI=1S/C22H32N2O3.ClH/c1-22(2,3)27-21(26)17-8-6-15(7-9-17)16-10-12-18(13-11-16)24-20(25)19-5-4-14-23-19;/h6-9,16,18-19,23H,4-5,10-14H2,1-3H3,(H,24,25);1H/t16?,18?,19-;/m1./s1. The fourth-order valence-electron chi connectivity index (χ4n) is 4.01. The van der Waals surface area contributed by atoms with Crippen LogP contribution in [-0.4, -0.2) is 36.1 Å². The highest BCUT2D eigenvalue weighted by Gasteiger charge is 2.27. The molecule has 156 valence electrons. The minimum Gasteiger partial charge on any atom is -0.456 e. The summed E-state index contributed by atoms with van der Waals surface area (Å²) >= 11 is 0. The van der Waals surface area contributed by atoms with Gasteiger partial charge in [0.1, 0.15) is 5.60 Å². The molecule has 2 N–H and O–H groups in total. The van der Waals surface area contributed by atoms with E-state index in [-0.39, 0.29) is 36.4 Å². The van der Waals surface area contributed by atoms with Crippen molar-refractivity contribution in [1.82, 2.24) is 10.6 Å². The molecule has 1 aromatic rings. The fourth-order valence-corrected chi connectivity index (χ4v) is 4.01. The Balaban J connectivity index is 0.00000280. The van der Waals surface area contributed by atoms with Crippen molar-refractivity contribution < 1.29 is 14.3 Å². The molecule has 1 aliphatic heterocycles. The van der Waals surface area contributed by atoms with Gasteiger partial charge in [0, 0.05) is 6.04 Å². The van der Waals surface area contributed by atoms with Crippen molar-refractivity contribution in [2.24, 2.45) is 0 Å². The summed E-state index contributed by atoms with van der Waals surface area (Å²) in [4.78, 5) is 24.4. The largest absolute Gasteiger partial charge is 0.456 e. The van der Waals surface area contributed by atoms with Gasteiger partial charge in [-0.1, -0.05) is 12.1 Å². The van der Waals surface area contributed by atoms with Gasteiger partial charge in [-0.25, -0.2) is 4.79 Å². The van der Waals surface area contributed by atoms with Crippen molar-refractivity contribution in [1.29, 1.82) is 0 Å². The first-order chi connectivity index (χ1) is 12.8. The Morgan fingerprint density at radius 3 is 2.21 bits per heavy atom. The summed E-state index contributed by atoms with van der Waals surface area (Å²) in [6.07, 6.45) is 6.19. The van der Waals surface area contributed by atoms with Gasteiger partial charge in [-0.05, 0) is 89.5 Å². The van der Waals surface area contributed by atoms with E-state index in [4.69, 9.17) is 4.74 Å². The monoisotopic (exact) mass is 408 g/mol. The number of amides is 1. The zero-order valence-electron chi connectivity index (χ0n) is 17.1. The number of ether oxygens (including phenoxy) is 1. The average molecular weight is 409 g/mol. The Morgan fingerprint density at radius 2 is 1.68 bits per heavy atom. The molecule has 6 heteroatoms. The molecule has 0 radical (unpaired) electrons. The third-order valence-corrected chi connectivity index (χ3v) is 5.47. The van der Waals surface area contributed by atoms with E-state index in [9.17, 15) is 9.59 Å². The predicted octanol–water partition coefficient (Wildman–Crippen LogP) is 3.96. The molecule has 1 heterocycles. The minimum atomic E-state index is -0.480. The quantitative estimate of drug-likeness (QED) is 0.740. The van der Waals surface area contributed by atoms with Crippen LogP contribution in [0.25, 0.3) is 0 Å². The average Bonchev–Trinajstić information content (AvgIpc) is 3.16. The molecule has 1 aromatic carbocycles. The normalized spacial score (nSPS) is 24.9. The summed E-state index contributed by atoms with van der Waals surface area (Å²) in [5.41, 5.74) is 1.38. The van der Waals surface area contributed by atoms with Crippen LogP contribution in [0.15, 0.2) is 24.3 Å². The second kappa shape index (κ2) is 9.75. The highest BCUT2D eigenvalue weighted by molar-refractivity contribution is 5.89. The first-order valence-corrected chi connectivity index (χ1v) is 10.2. The van der Waals surface area contributed by atoms with E-state index in [1.165, 1.54) is 5.56 Å². The minimum absolute atomic E-state index is 0. The van der Waals surface area contributed by atoms with E-state index in [1.54, 1.807) is 0 Å². The van der Waals surface area contributed by atoms with Gasteiger partial charge >= 0.3 is 5.97 Å². The van der Waals surface area contributed by atoms with Gasteiger partial charge < -0.3 is 15.4 Å². The Kier molecular flexibility index (Phi) is 7.90. The van der Waals surface area contributed by atoms with Gasteiger partial charge in [0.25, 0.3) is 0 Å². The Labute approximate surface area is 174 Å². The zero-order chi connectivity index (χ0) is 19.4. The number of esters is 1. The lowest BCUT2D eigenvalue weighted by molar-refractivity contribution is -0.123. The number of hydrogen-bond acceptors (Lipinski definition) is 4. The van der Waals surface area contributed by atoms with Gasteiger partial charge in [-0.15, -0.1) is 12.4 Å². The second-order valence-corrected chi connectivity index (χ2v) is 8.83. The molecule has 5 nitrogen and oxygen atoms in total. The van der Waals surface area contributed by atoms with Crippen molar-refractivity contribution in [2.75, 3.05) is 6.54 Å². The summed E-state index contributed by atoms with van der Waals surface area (Å²) < 4.78 is 5.42. The molecule has 0 bridgehead atoms. The Bertz CT molecular complexity index is 655. The number of halogens is 1. The van der Waals surface area contributed by atoms with Gasteiger partial charge in [-0.3, -0.25) is 4.79 Å². The summed E-state index contributed by atoms with van der Waals surface area (Å²) in [5.74, 6) is 0.383. The Morgan fingerprint density at radius 1 is 1.04 bits per heavy atom. The molecule has 1 amide bonds. The molecule has 2 aliphatic rings. The van der Waals surface area contributed by atoms with Crippen LogP contribution >= 0.6 is 12.4 Å². The number of carbonyl (C=O) groups excluding carboxylic acids is 2. The molecule has 1 saturated heterocycles. The van der Waals surface area contributed by atoms with Crippen LogP contribution < -0.4 is 10.6 Å². The third kappa shape index (κ3) is 6.21. The molecule has 1 aliphatic carbocycles. The van der Waals surface area contributed by atoms with Gasteiger partial charge in [0.05, 0.1) is 11.6 Å². The molecule has 0 spiro atoms. The highest BCUT2D eigenvalue weighted by Crippen LogP contribution is 2.33. The van der Waals surface area contributed by atoms with E-state index in [0.29, 0.717) is 11.5 Å². The lowest BCUT2D eigenvalue weighted by Crippen LogP contribution is -2.46. The van der Waals surface area contributed by atoms with E-state index in [1.807, 2.05) is 45.0 Å². The first-order valence-electron chi connectivity index (χ1n) is 10.2. The highest BCUT2D eigenvalue weighted by atomic mass is 35.5. The molecular formula is C22H33ClN2O3. The number of hydrogen-bond donors (Lipinski definition) is 2.